The van der Waals surface area contributed by atoms with Crippen LogP contribution in [0.2, 0.25) is 0 Å². The summed E-state index contributed by atoms with van der Waals surface area (Å²) in [6.45, 7) is 9.53. The zero-order valence-corrected chi connectivity index (χ0v) is 10.8. The monoisotopic (exact) mass is 240 g/mol. The van der Waals surface area contributed by atoms with Gasteiger partial charge in [0.25, 0.3) is 5.91 Å². The number of hydrogen-bond donors (Lipinski definition) is 2. The van der Waals surface area contributed by atoms with Gasteiger partial charge >= 0.3 is 0 Å². The van der Waals surface area contributed by atoms with Gasteiger partial charge in [-0.05, 0) is 6.92 Å². The number of hydrogen-bond acceptors (Lipinski definition) is 4. The molecule has 0 bridgehead atoms. The molecule has 1 amide bonds. The molecule has 0 aliphatic heterocycles. The fourth-order valence-corrected chi connectivity index (χ4v) is 1.16. The second-order valence-corrected chi connectivity index (χ2v) is 4.71. The summed E-state index contributed by atoms with van der Waals surface area (Å²) in [5.74, 6) is 0.593. The summed E-state index contributed by atoms with van der Waals surface area (Å²) in [6, 6.07) is 0. The number of carbonyl (C=O) groups excluding carboxylic acids is 1. The lowest BCUT2D eigenvalue weighted by Gasteiger charge is -2.12. The van der Waals surface area contributed by atoms with Crippen molar-refractivity contribution in [1.82, 2.24) is 20.5 Å². The quantitative estimate of drug-likeness (QED) is 0.748. The van der Waals surface area contributed by atoms with Crippen LogP contribution in [0, 0.1) is 0 Å². The number of aromatic nitrogens is 3. The molecule has 6 heteroatoms. The highest BCUT2D eigenvalue weighted by atomic mass is 16.5. The van der Waals surface area contributed by atoms with Crippen molar-refractivity contribution in [2.45, 2.75) is 33.1 Å². The number of aromatic amines is 1. The van der Waals surface area contributed by atoms with E-state index in [2.05, 4.69) is 20.5 Å². The molecule has 2 N–H and O–H groups in total. The largest absolute Gasteiger partial charge is 0.380 e. The van der Waals surface area contributed by atoms with Crippen LogP contribution in [0.3, 0.4) is 0 Å². The molecule has 1 rings (SSSR count). The molecular formula is C11H20N4O2. The van der Waals surface area contributed by atoms with Crippen LogP contribution in [-0.2, 0) is 10.2 Å². The molecule has 1 heterocycles. The first-order valence-electron chi connectivity index (χ1n) is 5.74. The molecule has 96 valence electrons. The van der Waals surface area contributed by atoms with Gasteiger partial charge in [-0.3, -0.25) is 9.89 Å². The van der Waals surface area contributed by atoms with Gasteiger partial charge in [0, 0.05) is 18.6 Å². The third-order valence-electron chi connectivity index (χ3n) is 2.13. The van der Waals surface area contributed by atoms with Gasteiger partial charge < -0.3 is 10.1 Å². The normalized spacial score (nSPS) is 11.5. The van der Waals surface area contributed by atoms with E-state index >= 15 is 0 Å². The second kappa shape index (κ2) is 5.77. The molecule has 17 heavy (non-hydrogen) atoms. The van der Waals surface area contributed by atoms with Gasteiger partial charge in [-0.1, -0.05) is 20.8 Å². The molecule has 6 nitrogen and oxygen atoms in total. The van der Waals surface area contributed by atoms with E-state index in [1.54, 1.807) is 0 Å². The molecule has 0 aromatic carbocycles. The Morgan fingerprint density at radius 1 is 1.47 bits per heavy atom. The predicted molar refractivity (Wildman–Crippen MR) is 63.9 cm³/mol. The predicted octanol–water partition coefficient (Wildman–Crippen LogP) is 0.868. The Bertz CT molecular complexity index is 368. The summed E-state index contributed by atoms with van der Waals surface area (Å²) in [5, 5.41) is 9.36. The first-order valence-corrected chi connectivity index (χ1v) is 5.74. The minimum Gasteiger partial charge on any atom is -0.380 e. The van der Waals surface area contributed by atoms with Crippen LogP contribution >= 0.6 is 0 Å². The van der Waals surface area contributed by atoms with Gasteiger partial charge in [0.15, 0.2) is 0 Å². The lowest BCUT2D eigenvalue weighted by molar-refractivity contribution is 0.0913. The summed E-state index contributed by atoms with van der Waals surface area (Å²) < 4.78 is 5.12. The van der Waals surface area contributed by atoms with Crippen molar-refractivity contribution < 1.29 is 9.53 Å². The number of amides is 1. The Balaban J connectivity index is 2.50. The molecule has 0 spiro atoms. The number of H-pyrrole nitrogens is 1. The maximum atomic E-state index is 11.6. The highest BCUT2D eigenvalue weighted by Gasteiger charge is 2.20. The summed E-state index contributed by atoms with van der Waals surface area (Å²) in [4.78, 5) is 15.8. The van der Waals surface area contributed by atoms with Gasteiger partial charge in [-0.15, -0.1) is 5.10 Å². The third kappa shape index (κ3) is 4.14. The number of ether oxygens (including phenoxy) is 1. The van der Waals surface area contributed by atoms with Crippen molar-refractivity contribution in [3.05, 3.63) is 11.6 Å². The van der Waals surface area contributed by atoms with Gasteiger partial charge in [0.05, 0.1) is 6.61 Å². The summed E-state index contributed by atoms with van der Waals surface area (Å²) in [6.07, 6.45) is 0. The molecule has 0 atom stereocenters. The maximum Gasteiger partial charge on any atom is 0.291 e. The number of carbonyl (C=O) groups is 1. The first kappa shape index (κ1) is 13.6. The fraction of sp³-hybridized carbons (Fsp3) is 0.727. The van der Waals surface area contributed by atoms with E-state index in [9.17, 15) is 4.79 Å². The molecular weight excluding hydrogens is 220 g/mol. The summed E-state index contributed by atoms with van der Waals surface area (Å²) in [7, 11) is 0. The highest BCUT2D eigenvalue weighted by Crippen LogP contribution is 2.17. The smallest absolute Gasteiger partial charge is 0.291 e. The van der Waals surface area contributed by atoms with Crippen molar-refractivity contribution in [2.75, 3.05) is 19.8 Å². The van der Waals surface area contributed by atoms with Crippen LogP contribution < -0.4 is 5.32 Å². The minimum atomic E-state index is -0.281. The fourth-order valence-electron chi connectivity index (χ4n) is 1.16. The molecule has 1 aromatic rings. The van der Waals surface area contributed by atoms with E-state index in [1.807, 2.05) is 27.7 Å². The van der Waals surface area contributed by atoms with Gasteiger partial charge in [0.1, 0.15) is 5.82 Å². The van der Waals surface area contributed by atoms with Crippen molar-refractivity contribution in [3.8, 4) is 0 Å². The van der Waals surface area contributed by atoms with E-state index in [-0.39, 0.29) is 17.1 Å². The molecule has 0 aliphatic rings. The van der Waals surface area contributed by atoms with Crippen LogP contribution in [0.1, 0.15) is 44.1 Å². The van der Waals surface area contributed by atoms with Gasteiger partial charge in [0.2, 0.25) is 5.82 Å². The van der Waals surface area contributed by atoms with Crippen molar-refractivity contribution in [3.63, 3.8) is 0 Å². The van der Waals surface area contributed by atoms with E-state index in [0.717, 1.165) is 0 Å². The minimum absolute atomic E-state index is 0.142. The van der Waals surface area contributed by atoms with E-state index in [0.29, 0.717) is 25.6 Å². The summed E-state index contributed by atoms with van der Waals surface area (Å²) >= 11 is 0. The Hall–Kier alpha value is -1.43. The van der Waals surface area contributed by atoms with Crippen LogP contribution in [0.5, 0.6) is 0 Å². The van der Waals surface area contributed by atoms with Gasteiger partial charge in [-0.25, -0.2) is 4.98 Å². The first-order chi connectivity index (χ1) is 7.95. The number of nitrogens with one attached hydrogen (secondary N) is 2. The number of rotatable bonds is 5. The Morgan fingerprint density at radius 3 is 2.71 bits per heavy atom. The van der Waals surface area contributed by atoms with Gasteiger partial charge in [-0.2, -0.15) is 0 Å². The molecule has 0 fully saturated rings. The third-order valence-corrected chi connectivity index (χ3v) is 2.13. The molecule has 0 unspecified atom stereocenters. The standard InChI is InChI=1S/C11H20N4O2/c1-5-17-7-6-12-9(16)8-13-10(15-14-8)11(2,3)4/h5-7H2,1-4H3,(H,12,16)(H,13,14,15). The average molecular weight is 240 g/mol. The van der Waals surface area contributed by atoms with E-state index in [1.165, 1.54) is 0 Å². The molecule has 0 saturated carbocycles. The maximum absolute atomic E-state index is 11.6. The SMILES string of the molecule is CCOCCNC(=O)c1n[nH]c(C(C)(C)C)n1. The van der Waals surface area contributed by atoms with Crippen molar-refractivity contribution in [1.29, 1.82) is 0 Å². The molecule has 1 aromatic heterocycles. The van der Waals surface area contributed by atoms with E-state index < -0.39 is 0 Å². The molecule has 0 aliphatic carbocycles. The van der Waals surface area contributed by atoms with Crippen LogP contribution in [0.4, 0.5) is 0 Å². The second-order valence-electron chi connectivity index (χ2n) is 4.71. The molecule has 0 saturated heterocycles. The van der Waals surface area contributed by atoms with Crippen LogP contribution in [0.25, 0.3) is 0 Å². The summed E-state index contributed by atoms with van der Waals surface area (Å²) in [5.41, 5.74) is -0.142. The zero-order valence-electron chi connectivity index (χ0n) is 10.8. The number of nitrogens with zero attached hydrogens (tertiary/aromatic N) is 2. The highest BCUT2D eigenvalue weighted by molar-refractivity contribution is 5.90. The average Bonchev–Trinajstić information content (AvgIpc) is 2.72. The zero-order chi connectivity index (χ0) is 12.9. The molecule has 0 radical (unpaired) electrons. The van der Waals surface area contributed by atoms with Crippen molar-refractivity contribution in [2.24, 2.45) is 0 Å². The lowest BCUT2D eigenvalue weighted by atomic mass is 9.96. The Kier molecular flexibility index (Phi) is 4.62. The van der Waals surface area contributed by atoms with Crippen LogP contribution in [-0.4, -0.2) is 40.8 Å². The Morgan fingerprint density at radius 2 is 2.18 bits per heavy atom. The van der Waals surface area contributed by atoms with Crippen molar-refractivity contribution >= 4 is 5.91 Å². The lowest BCUT2D eigenvalue weighted by Crippen LogP contribution is -2.28. The topological polar surface area (TPSA) is 79.9 Å². The van der Waals surface area contributed by atoms with E-state index in [4.69, 9.17) is 4.74 Å². The Labute approximate surface area is 101 Å². The van der Waals surface area contributed by atoms with Crippen LogP contribution in [0.15, 0.2) is 0 Å².